The summed E-state index contributed by atoms with van der Waals surface area (Å²) in [6.07, 6.45) is 1.30. The molecule has 0 aliphatic carbocycles. The van der Waals surface area contributed by atoms with E-state index in [0.717, 1.165) is 16.7 Å². The highest BCUT2D eigenvalue weighted by molar-refractivity contribution is 5.98. The van der Waals surface area contributed by atoms with Crippen LogP contribution in [0.3, 0.4) is 0 Å². The van der Waals surface area contributed by atoms with E-state index in [0.29, 0.717) is 24.2 Å². The molecule has 36 heavy (non-hydrogen) atoms. The van der Waals surface area contributed by atoms with Crippen molar-refractivity contribution in [1.82, 2.24) is 14.8 Å². The summed E-state index contributed by atoms with van der Waals surface area (Å²) in [4.78, 5) is 34.5. The number of hydrogen-bond donors (Lipinski definition) is 1. The fourth-order valence-corrected chi connectivity index (χ4v) is 4.38. The summed E-state index contributed by atoms with van der Waals surface area (Å²) in [6.45, 7) is 6.38. The molecule has 0 radical (unpaired) electrons. The van der Waals surface area contributed by atoms with Crippen molar-refractivity contribution in [2.24, 2.45) is 5.92 Å². The fraction of sp³-hybridized carbons (Fsp3) is 0.345. The molecule has 1 aliphatic rings. The molecule has 188 valence electrons. The molecule has 0 saturated carbocycles. The van der Waals surface area contributed by atoms with E-state index in [1.807, 2.05) is 63.2 Å². The summed E-state index contributed by atoms with van der Waals surface area (Å²) in [5.74, 6) is -0.205. The van der Waals surface area contributed by atoms with E-state index in [1.165, 1.54) is 0 Å². The van der Waals surface area contributed by atoms with E-state index in [2.05, 4.69) is 4.98 Å². The normalized spacial score (nSPS) is 18.5. The van der Waals surface area contributed by atoms with Gasteiger partial charge in [-0.05, 0) is 37.6 Å². The zero-order valence-corrected chi connectivity index (χ0v) is 21.2. The van der Waals surface area contributed by atoms with Crippen molar-refractivity contribution in [2.45, 2.75) is 32.9 Å². The number of ether oxygens (including phenoxy) is 1. The largest absolute Gasteiger partial charge is 0.472 e. The minimum absolute atomic E-state index is 0.104. The van der Waals surface area contributed by atoms with Crippen LogP contribution in [0.2, 0.25) is 0 Å². The first kappa shape index (κ1) is 25.4. The van der Waals surface area contributed by atoms with Gasteiger partial charge in [-0.3, -0.25) is 9.59 Å². The highest BCUT2D eigenvalue weighted by Gasteiger charge is 2.34. The molecule has 0 spiro atoms. The SMILES string of the molecule is Cc1ccc(-c2cnc3c(c2)C(=O)N([C@H](C)CO)C[C@H](C)[C@H](CN(C)C(=O)c2ccccc2)O3)cc1. The number of nitrogens with zero attached hydrogens (tertiary/aromatic N) is 3. The quantitative estimate of drug-likeness (QED) is 0.567. The molecule has 1 N–H and O–H groups in total. The predicted molar refractivity (Wildman–Crippen MR) is 139 cm³/mol. The molecule has 3 aromatic rings. The van der Waals surface area contributed by atoms with Gasteiger partial charge >= 0.3 is 0 Å². The molecular weight excluding hydrogens is 454 g/mol. The van der Waals surface area contributed by atoms with Crippen LogP contribution in [0.15, 0.2) is 66.9 Å². The third-order valence-corrected chi connectivity index (χ3v) is 6.73. The van der Waals surface area contributed by atoms with Crippen molar-refractivity contribution in [2.75, 3.05) is 26.7 Å². The average molecular weight is 488 g/mol. The maximum absolute atomic E-state index is 13.6. The Labute approximate surface area is 212 Å². The first-order valence-corrected chi connectivity index (χ1v) is 12.2. The number of carbonyl (C=O) groups excluding carboxylic acids is 2. The third-order valence-electron chi connectivity index (χ3n) is 6.73. The van der Waals surface area contributed by atoms with Crippen LogP contribution in [0.25, 0.3) is 11.1 Å². The molecule has 1 aromatic heterocycles. The molecule has 0 fully saturated rings. The van der Waals surface area contributed by atoms with Gasteiger partial charge in [0.15, 0.2) is 0 Å². The van der Waals surface area contributed by atoms with Gasteiger partial charge in [-0.15, -0.1) is 0 Å². The number of aliphatic hydroxyl groups is 1. The third kappa shape index (κ3) is 5.41. The summed E-state index contributed by atoms with van der Waals surface area (Å²) < 4.78 is 6.33. The van der Waals surface area contributed by atoms with Gasteiger partial charge in [0.1, 0.15) is 11.7 Å². The van der Waals surface area contributed by atoms with E-state index in [9.17, 15) is 14.7 Å². The Morgan fingerprint density at radius 3 is 2.53 bits per heavy atom. The van der Waals surface area contributed by atoms with Gasteiger partial charge < -0.3 is 19.6 Å². The summed E-state index contributed by atoms with van der Waals surface area (Å²) in [5, 5.41) is 9.88. The maximum Gasteiger partial charge on any atom is 0.259 e. The molecule has 2 aromatic carbocycles. The van der Waals surface area contributed by atoms with E-state index < -0.39 is 6.10 Å². The van der Waals surface area contributed by atoms with Gasteiger partial charge in [-0.25, -0.2) is 4.98 Å². The molecule has 7 heteroatoms. The molecule has 1 aliphatic heterocycles. The molecule has 0 saturated heterocycles. The minimum atomic E-state index is -0.402. The van der Waals surface area contributed by atoms with Crippen LogP contribution in [-0.4, -0.2) is 70.6 Å². The van der Waals surface area contributed by atoms with E-state index in [4.69, 9.17) is 4.74 Å². The number of pyridine rings is 1. The lowest BCUT2D eigenvalue weighted by atomic mass is 9.98. The second kappa shape index (κ2) is 10.9. The topological polar surface area (TPSA) is 83.0 Å². The van der Waals surface area contributed by atoms with Crippen LogP contribution in [-0.2, 0) is 0 Å². The number of carbonyl (C=O) groups is 2. The van der Waals surface area contributed by atoms with Crippen LogP contribution in [0.4, 0.5) is 0 Å². The van der Waals surface area contributed by atoms with Crippen molar-refractivity contribution in [1.29, 1.82) is 0 Å². The number of likely N-dealkylation sites (N-methyl/N-ethyl adjacent to an activating group) is 1. The first-order valence-electron chi connectivity index (χ1n) is 12.2. The second-order valence-corrected chi connectivity index (χ2v) is 9.62. The summed E-state index contributed by atoms with van der Waals surface area (Å²) >= 11 is 0. The Morgan fingerprint density at radius 2 is 1.86 bits per heavy atom. The molecule has 3 atom stereocenters. The molecule has 7 nitrogen and oxygen atoms in total. The van der Waals surface area contributed by atoms with Gasteiger partial charge in [-0.1, -0.05) is 55.0 Å². The number of aryl methyl sites for hydroxylation is 1. The van der Waals surface area contributed by atoms with E-state index in [-0.39, 0.29) is 36.3 Å². The van der Waals surface area contributed by atoms with E-state index >= 15 is 0 Å². The lowest BCUT2D eigenvalue weighted by Crippen LogP contribution is -2.50. The molecule has 2 amide bonds. The van der Waals surface area contributed by atoms with Gasteiger partial charge in [0, 0.05) is 36.8 Å². The van der Waals surface area contributed by atoms with Crippen molar-refractivity contribution >= 4 is 11.8 Å². The zero-order chi connectivity index (χ0) is 25.8. The highest BCUT2D eigenvalue weighted by Crippen LogP contribution is 2.30. The zero-order valence-electron chi connectivity index (χ0n) is 21.2. The predicted octanol–water partition coefficient (Wildman–Crippen LogP) is 4.05. The molecule has 0 unspecified atom stereocenters. The Hall–Kier alpha value is -3.71. The molecule has 2 heterocycles. The van der Waals surface area contributed by atoms with Crippen molar-refractivity contribution < 1.29 is 19.4 Å². The molecular formula is C29H33N3O4. The lowest BCUT2D eigenvalue weighted by Gasteiger charge is -2.37. The second-order valence-electron chi connectivity index (χ2n) is 9.62. The number of fused-ring (bicyclic) bond motifs is 1. The highest BCUT2D eigenvalue weighted by atomic mass is 16.5. The average Bonchev–Trinajstić information content (AvgIpc) is 2.90. The number of aromatic nitrogens is 1. The van der Waals surface area contributed by atoms with Crippen LogP contribution < -0.4 is 4.74 Å². The van der Waals surface area contributed by atoms with Crippen molar-refractivity contribution in [3.05, 3.63) is 83.6 Å². The number of rotatable bonds is 6. The number of benzene rings is 2. The van der Waals surface area contributed by atoms with Crippen LogP contribution in [0.5, 0.6) is 5.88 Å². The lowest BCUT2D eigenvalue weighted by molar-refractivity contribution is 0.0313. The first-order chi connectivity index (χ1) is 17.3. The van der Waals surface area contributed by atoms with Gasteiger partial charge in [-0.2, -0.15) is 0 Å². The summed E-state index contributed by atoms with van der Waals surface area (Å²) in [7, 11) is 1.75. The van der Waals surface area contributed by atoms with Gasteiger partial charge in [0.25, 0.3) is 11.8 Å². The Bertz CT molecular complexity index is 1210. The van der Waals surface area contributed by atoms with Gasteiger partial charge in [0.05, 0.1) is 19.2 Å². The fourth-order valence-electron chi connectivity index (χ4n) is 4.38. The van der Waals surface area contributed by atoms with Crippen LogP contribution in [0.1, 0.15) is 40.1 Å². The van der Waals surface area contributed by atoms with E-state index in [1.54, 1.807) is 41.2 Å². The number of hydrogen-bond acceptors (Lipinski definition) is 5. The van der Waals surface area contributed by atoms with Crippen LogP contribution in [0, 0.1) is 12.8 Å². The van der Waals surface area contributed by atoms with Crippen LogP contribution >= 0.6 is 0 Å². The Balaban J connectivity index is 1.68. The molecule has 0 bridgehead atoms. The smallest absolute Gasteiger partial charge is 0.259 e. The van der Waals surface area contributed by atoms with Crippen molar-refractivity contribution in [3.63, 3.8) is 0 Å². The van der Waals surface area contributed by atoms with Gasteiger partial charge in [0.2, 0.25) is 5.88 Å². The monoisotopic (exact) mass is 487 g/mol. The Morgan fingerprint density at radius 1 is 1.17 bits per heavy atom. The minimum Gasteiger partial charge on any atom is -0.472 e. The number of aliphatic hydroxyl groups excluding tert-OH is 1. The summed E-state index contributed by atoms with van der Waals surface area (Å²) in [6, 6.07) is 18.6. The molecule has 4 rings (SSSR count). The summed E-state index contributed by atoms with van der Waals surface area (Å²) in [5.41, 5.74) is 3.86. The van der Waals surface area contributed by atoms with Crippen molar-refractivity contribution in [3.8, 4) is 17.0 Å². The standard InChI is InChI=1S/C29H33N3O4/c1-19-10-12-22(13-11-19)24-14-25-27(30-15-24)36-26(20(2)16-32(29(25)35)21(3)18-33)17-31(4)28(34)23-8-6-5-7-9-23/h5-15,20-21,26,33H,16-18H2,1-4H3/t20-,21+,26-/m0/s1. The Kier molecular flexibility index (Phi) is 7.70. The maximum atomic E-state index is 13.6. The number of amides is 2.